The minimum absolute atomic E-state index is 0.598. The van der Waals surface area contributed by atoms with Crippen LogP contribution in [0.25, 0.3) is 0 Å². The minimum atomic E-state index is -4.02. The molecule has 9 heteroatoms. The molecule has 0 radical (unpaired) electrons. The topological polar surface area (TPSA) is 121 Å². The van der Waals surface area contributed by atoms with Crippen LogP contribution in [0.5, 0.6) is 0 Å². The Hall–Kier alpha value is -0.220. The summed E-state index contributed by atoms with van der Waals surface area (Å²) in [6.07, 6.45) is 0.777. The summed E-state index contributed by atoms with van der Waals surface area (Å²) in [5.41, 5.74) is 0. The Bertz CT molecular complexity index is 354. The predicted molar refractivity (Wildman–Crippen MR) is 49.7 cm³/mol. The van der Waals surface area contributed by atoms with Crippen LogP contribution in [-0.4, -0.2) is 57.6 Å². The van der Waals surface area contributed by atoms with E-state index in [0.717, 1.165) is 6.26 Å². The van der Waals surface area contributed by atoms with E-state index in [0.29, 0.717) is 0 Å². The lowest BCUT2D eigenvalue weighted by Gasteiger charge is -2.12. The van der Waals surface area contributed by atoms with Crippen LogP contribution in [0.1, 0.15) is 0 Å². The van der Waals surface area contributed by atoms with Crippen LogP contribution < -0.4 is 4.72 Å². The highest BCUT2D eigenvalue weighted by molar-refractivity contribution is 8.06. The lowest BCUT2D eigenvalue weighted by atomic mass is 10.4. The van der Waals surface area contributed by atoms with Crippen molar-refractivity contribution in [1.29, 1.82) is 0 Å². The van der Waals surface area contributed by atoms with Crippen molar-refractivity contribution < 1.29 is 27.0 Å². The summed E-state index contributed by atoms with van der Waals surface area (Å²) in [6.45, 7) is -1.20. The van der Waals surface area contributed by atoms with Gasteiger partial charge in [0.15, 0.2) is 14.9 Å². The molecule has 0 aliphatic carbocycles. The van der Waals surface area contributed by atoms with E-state index in [1.807, 2.05) is 4.72 Å². The number of aliphatic hydroxyl groups excluding tert-OH is 2. The Kier molecular flexibility index (Phi) is 4.95. The van der Waals surface area contributed by atoms with E-state index in [1.165, 1.54) is 0 Å². The van der Waals surface area contributed by atoms with E-state index < -0.39 is 44.2 Å². The van der Waals surface area contributed by atoms with Gasteiger partial charge in [-0.25, -0.2) is 21.6 Å². The third-order valence-electron chi connectivity index (χ3n) is 1.16. The number of sulfone groups is 1. The van der Waals surface area contributed by atoms with Crippen molar-refractivity contribution in [1.82, 2.24) is 4.72 Å². The van der Waals surface area contributed by atoms with Crippen LogP contribution in [0.3, 0.4) is 0 Å². The number of rotatable bonds is 6. The first-order valence-corrected chi connectivity index (χ1v) is 7.31. The molecule has 86 valence electrons. The molecular weight excluding hydrogens is 234 g/mol. The Balaban J connectivity index is 4.51. The van der Waals surface area contributed by atoms with Crippen molar-refractivity contribution in [3.63, 3.8) is 0 Å². The Labute approximate surface area is 82.7 Å². The standard InChI is InChI=1S/C5H13NO6S2/c1-13(9,10)4-14(11,12)6-5(2-7)3-8/h5-8H,2-4H2,1H3. The van der Waals surface area contributed by atoms with Gasteiger partial charge in [-0.3, -0.25) is 0 Å². The van der Waals surface area contributed by atoms with E-state index in [4.69, 9.17) is 10.2 Å². The highest BCUT2D eigenvalue weighted by Gasteiger charge is 2.21. The van der Waals surface area contributed by atoms with Crippen molar-refractivity contribution in [2.75, 3.05) is 24.6 Å². The van der Waals surface area contributed by atoms with E-state index >= 15 is 0 Å². The molecule has 0 atom stereocenters. The van der Waals surface area contributed by atoms with E-state index in [-0.39, 0.29) is 0 Å². The molecule has 3 N–H and O–H groups in total. The Morgan fingerprint density at radius 3 is 1.86 bits per heavy atom. The second kappa shape index (κ2) is 5.03. The zero-order valence-electron chi connectivity index (χ0n) is 7.54. The van der Waals surface area contributed by atoms with Gasteiger partial charge in [-0.05, 0) is 0 Å². The third-order valence-corrected chi connectivity index (χ3v) is 4.80. The van der Waals surface area contributed by atoms with Crippen molar-refractivity contribution >= 4 is 19.9 Å². The molecular formula is C5H13NO6S2. The van der Waals surface area contributed by atoms with Gasteiger partial charge in [0.05, 0.1) is 19.3 Å². The first kappa shape index (κ1) is 13.8. The van der Waals surface area contributed by atoms with Crippen LogP contribution in [0.4, 0.5) is 0 Å². The quantitative estimate of drug-likeness (QED) is 0.468. The maximum absolute atomic E-state index is 11.1. The fourth-order valence-corrected chi connectivity index (χ4v) is 3.89. The molecule has 0 aromatic carbocycles. The molecule has 7 nitrogen and oxygen atoms in total. The Morgan fingerprint density at radius 2 is 1.57 bits per heavy atom. The van der Waals surface area contributed by atoms with E-state index in [9.17, 15) is 16.8 Å². The molecule has 0 amide bonds. The molecule has 0 rings (SSSR count). The van der Waals surface area contributed by atoms with Gasteiger partial charge in [0.2, 0.25) is 10.0 Å². The predicted octanol–water partition coefficient (Wildman–Crippen LogP) is -2.74. The van der Waals surface area contributed by atoms with E-state index in [1.54, 1.807) is 0 Å². The molecule has 0 fully saturated rings. The SMILES string of the molecule is CS(=O)(=O)CS(=O)(=O)NC(CO)CO. The number of aliphatic hydroxyl groups is 2. The third kappa shape index (κ3) is 6.27. The summed E-state index contributed by atoms with van der Waals surface area (Å²) >= 11 is 0. The summed E-state index contributed by atoms with van der Waals surface area (Å²) in [6, 6.07) is -1.07. The average molecular weight is 247 g/mol. The number of hydrogen-bond donors (Lipinski definition) is 3. The largest absolute Gasteiger partial charge is 0.395 e. The first-order valence-electron chi connectivity index (χ1n) is 3.59. The second-order valence-electron chi connectivity index (χ2n) is 2.84. The Morgan fingerprint density at radius 1 is 1.14 bits per heavy atom. The maximum Gasteiger partial charge on any atom is 0.226 e. The van der Waals surface area contributed by atoms with Gasteiger partial charge in [-0.2, -0.15) is 0 Å². The number of sulfonamides is 1. The minimum Gasteiger partial charge on any atom is -0.395 e. The molecule has 0 aliphatic heterocycles. The maximum atomic E-state index is 11.1. The second-order valence-corrected chi connectivity index (χ2v) is 7.10. The van der Waals surface area contributed by atoms with Gasteiger partial charge in [-0.1, -0.05) is 0 Å². The smallest absolute Gasteiger partial charge is 0.226 e. The molecule has 0 aromatic rings. The molecule has 0 spiro atoms. The van der Waals surface area contributed by atoms with E-state index in [2.05, 4.69) is 0 Å². The molecule has 0 heterocycles. The molecule has 0 saturated heterocycles. The molecule has 0 saturated carbocycles. The highest BCUT2D eigenvalue weighted by Crippen LogP contribution is 1.94. The van der Waals surface area contributed by atoms with Gasteiger partial charge in [0.1, 0.15) is 0 Å². The molecule has 0 unspecified atom stereocenters. The molecule has 0 aliphatic rings. The summed E-state index contributed by atoms with van der Waals surface area (Å²) in [7, 11) is -7.68. The monoisotopic (exact) mass is 247 g/mol. The van der Waals surface area contributed by atoms with Crippen LogP contribution in [0.15, 0.2) is 0 Å². The van der Waals surface area contributed by atoms with Crippen LogP contribution in [0.2, 0.25) is 0 Å². The first-order chi connectivity index (χ1) is 6.20. The normalized spacial score (nSPS) is 13.4. The van der Waals surface area contributed by atoms with Crippen LogP contribution in [0, 0.1) is 0 Å². The fourth-order valence-electron chi connectivity index (χ4n) is 0.702. The summed E-state index contributed by atoms with van der Waals surface area (Å²) < 4.78 is 45.3. The lowest BCUT2D eigenvalue weighted by molar-refractivity contribution is 0.185. The molecule has 0 aromatic heterocycles. The fraction of sp³-hybridized carbons (Fsp3) is 1.00. The molecule has 0 bridgehead atoms. The van der Waals surface area contributed by atoms with Crippen molar-refractivity contribution in [3.8, 4) is 0 Å². The van der Waals surface area contributed by atoms with Crippen molar-refractivity contribution in [2.45, 2.75) is 6.04 Å². The number of nitrogens with one attached hydrogen (secondary N) is 1. The number of hydrogen-bond acceptors (Lipinski definition) is 6. The molecule has 14 heavy (non-hydrogen) atoms. The van der Waals surface area contributed by atoms with Gasteiger partial charge in [0.25, 0.3) is 0 Å². The average Bonchev–Trinajstić information content (AvgIpc) is 1.95. The van der Waals surface area contributed by atoms with Crippen molar-refractivity contribution in [2.24, 2.45) is 0 Å². The zero-order valence-corrected chi connectivity index (χ0v) is 9.18. The van der Waals surface area contributed by atoms with Gasteiger partial charge in [-0.15, -0.1) is 0 Å². The lowest BCUT2D eigenvalue weighted by Crippen LogP contribution is -2.42. The van der Waals surface area contributed by atoms with Crippen LogP contribution in [-0.2, 0) is 19.9 Å². The zero-order chi connectivity index (χ0) is 11.4. The summed E-state index contributed by atoms with van der Waals surface area (Å²) in [5.74, 6) is 0. The summed E-state index contributed by atoms with van der Waals surface area (Å²) in [4.78, 5) is 0. The highest BCUT2D eigenvalue weighted by atomic mass is 32.3. The van der Waals surface area contributed by atoms with Gasteiger partial charge >= 0.3 is 0 Å². The van der Waals surface area contributed by atoms with Gasteiger partial charge in [0, 0.05) is 6.26 Å². The van der Waals surface area contributed by atoms with Crippen molar-refractivity contribution in [3.05, 3.63) is 0 Å². The summed E-state index contributed by atoms with van der Waals surface area (Å²) in [5, 5.41) is 16.0. The van der Waals surface area contributed by atoms with Crippen LogP contribution >= 0.6 is 0 Å². The van der Waals surface area contributed by atoms with Gasteiger partial charge < -0.3 is 10.2 Å².